The molecule has 114 valence electrons. The molecule has 0 atom stereocenters. The lowest BCUT2D eigenvalue weighted by Gasteiger charge is -2.20. The summed E-state index contributed by atoms with van der Waals surface area (Å²) in [5, 5.41) is 0. The molecule has 0 aliphatic heterocycles. The molecule has 0 fully saturated rings. The van der Waals surface area contributed by atoms with Gasteiger partial charge in [0.05, 0.1) is 18.0 Å². The summed E-state index contributed by atoms with van der Waals surface area (Å²) in [5.41, 5.74) is 6.22. The highest BCUT2D eigenvalue weighted by atomic mass is 32.2. The Morgan fingerprint density at radius 1 is 1.25 bits per heavy atom. The van der Waals surface area contributed by atoms with Crippen molar-refractivity contribution in [3.63, 3.8) is 0 Å². The zero-order valence-electron chi connectivity index (χ0n) is 11.9. The zero-order chi connectivity index (χ0) is 15.0. The van der Waals surface area contributed by atoms with Crippen molar-refractivity contribution in [2.24, 2.45) is 0 Å². The van der Waals surface area contributed by atoms with Crippen LogP contribution < -0.4 is 10.5 Å². The van der Waals surface area contributed by atoms with Gasteiger partial charge in [-0.15, -0.1) is 0 Å². The topological polar surface area (TPSA) is 81.9 Å². The number of hydrogen-bond acceptors (Lipinski definition) is 5. The highest BCUT2D eigenvalue weighted by molar-refractivity contribution is 7.89. The first-order chi connectivity index (χ1) is 9.51. The minimum Gasteiger partial charge on any atom is -0.490 e. The van der Waals surface area contributed by atoms with E-state index in [1.54, 1.807) is 38.3 Å². The summed E-state index contributed by atoms with van der Waals surface area (Å²) < 4.78 is 35.9. The molecule has 0 bridgehead atoms. The van der Waals surface area contributed by atoms with E-state index in [0.29, 0.717) is 31.1 Å². The van der Waals surface area contributed by atoms with Crippen molar-refractivity contribution >= 4 is 15.7 Å². The Hall–Kier alpha value is -1.31. The number of methoxy groups -OCH3 is 1. The first kappa shape index (κ1) is 16.7. The maximum absolute atomic E-state index is 12.1. The monoisotopic (exact) mass is 302 g/mol. The van der Waals surface area contributed by atoms with Gasteiger partial charge in [0.2, 0.25) is 10.0 Å². The fourth-order valence-corrected chi connectivity index (χ4v) is 2.98. The first-order valence-corrected chi connectivity index (χ1v) is 8.06. The summed E-state index contributed by atoms with van der Waals surface area (Å²) in [4.78, 5) is 0. The zero-order valence-corrected chi connectivity index (χ0v) is 12.7. The van der Waals surface area contributed by atoms with E-state index < -0.39 is 10.0 Å². The third-order valence-electron chi connectivity index (χ3n) is 2.81. The minimum atomic E-state index is -3.34. The van der Waals surface area contributed by atoms with Crippen molar-refractivity contribution in [3.8, 4) is 5.75 Å². The number of nitrogen functional groups attached to an aromatic ring is 1. The van der Waals surface area contributed by atoms with Gasteiger partial charge in [-0.2, -0.15) is 4.31 Å². The number of anilines is 1. The van der Waals surface area contributed by atoms with Crippen LogP contribution in [0.15, 0.2) is 24.3 Å². The molecule has 20 heavy (non-hydrogen) atoms. The molecule has 0 spiro atoms. The van der Waals surface area contributed by atoms with Crippen LogP contribution in [0, 0.1) is 0 Å². The number of para-hydroxylation sites is 2. The molecular formula is C13H22N2O4S. The summed E-state index contributed by atoms with van der Waals surface area (Å²) in [6.45, 7) is 3.00. The summed E-state index contributed by atoms with van der Waals surface area (Å²) >= 11 is 0. The highest BCUT2D eigenvalue weighted by Gasteiger charge is 2.20. The van der Waals surface area contributed by atoms with Gasteiger partial charge in [-0.05, 0) is 12.1 Å². The van der Waals surface area contributed by atoms with E-state index in [9.17, 15) is 8.42 Å². The van der Waals surface area contributed by atoms with Gasteiger partial charge < -0.3 is 15.2 Å². The van der Waals surface area contributed by atoms with Gasteiger partial charge in [-0.3, -0.25) is 0 Å². The van der Waals surface area contributed by atoms with Crippen LogP contribution in [0.1, 0.15) is 6.92 Å². The third kappa shape index (κ3) is 4.99. The van der Waals surface area contributed by atoms with Crippen LogP contribution >= 0.6 is 0 Å². The molecule has 0 aliphatic carbocycles. The molecule has 1 aromatic rings. The van der Waals surface area contributed by atoms with E-state index in [4.69, 9.17) is 15.2 Å². The second-order valence-electron chi connectivity index (χ2n) is 4.19. The van der Waals surface area contributed by atoms with E-state index in [0.717, 1.165) is 0 Å². The fraction of sp³-hybridized carbons (Fsp3) is 0.538. The summed E-state index contributed by atoms with van der Waals surface area (Å²) in [7, 11) is -1.80. The number of nitrogens with zero attached hydrogens (tertiary/aromatic N) is 1. The van der Waals surface area contributed by atoms with E-state index in [2.05, 4.69) is 0 Å². The number of sulfonamides is 1. The van der Waals surface area contributed by atoms with Crippen molar-refractivity contribution < 1.29 is 17.9 Å². The molecule has 0 unspecified atom stereocenters. The van der Waals surface area contributed by atoms with Crippen LogP contribution in [0.5, 0.6) is 5.75 Å². The van der Waals surface area contributed by atoms with Gasteiger partial charge in [-0.1, -0.05) is 19.1 Å². The molecule has 2 N–H and O–H groups in total. The van der Waals surface area contributed by atoms with Crippen molar-refractivity contribution in [1.82, 2.24) is 4.31 Å². The molecule has 6 nitrogen and oxygen atoms in total. The normalized spacial score (nSPS) is 11.8. The summed E-state index contributed by atoms with van der Waals surface area (Å²) in [5.74, 6) is 0.418. The number of benzene rings is 1. The maximum Gasteiger partial charge on any atom is 0.217 e. The predicted octanol–water partition coefficient (Wildman–Crippen LogP) is 0.946. The van der Waals surface area contributed by atoms with Crippen LogP contribution in [0.2, 0.25) is 0 Å². The quantitative estimate of drug-likeness (QED) is 0.687. The van der Waals surface area contributed by atoms with Gasteiger partial charge in [-0.25, -0.2) is 8.42 Å². The molecular weight excluding hydrogens is 280 g/mol. The van der Waals surface area contributed by atoms with Crippen molar-refractivity contribution in [2.45, 2.75) is 6.92 Å². The average Bonchev–Trinajstić information content (AvgIpc) is 2.41. The second kappa shape index (κ2) is 8.08. The number of likely N-dealkylation sites (N-methyl/N-ethyl adjacent to an activating group) is 1. The Morgan fingerprint density at radius 2 is 1.95 bits per heavy atom. The average molecular weight is 302 g/mol. The van der Waals surface area contributed by atoms with E-state index in [1.807, 2.05) is 0 Å². The van der Waals surface area contributed by atoms with Crippen molar-refractivity contribution in [1.29, 1.82) is 0 Å². The standard InChI is InChI=1S/C13H22N2O4S/c1-3-15(8-9-18-2)20(16,17)11-10-19-13-7-5-4-6-12(13)14/h4-7H,3,8-11,14H2,1-2H3. The molecule has 1 aromatic carbocycles. The molecule has 0 heterocycles. The molecule has 0 saturated heterocycles. The number of nitrogens with two attached hydrogens (primary N) is 1. The highest BCUT2D eigenvalue weighted by Crippen LogP contribution is 2.19. The molecule has 7 heteroatoms. The SMILES string of the molecule is CCN(CCOC)S(=O)(=O)CCOc1ccccc1N. The van der Waals surface area contributed by atoms with E-state index in [1.165, 1.54) is 4.31 Å². The summed E-state index contributed by atoms with van der Waals surface area (Å²) in [6.07, 6.45) is 0. The van der Waals surface area contributed by atoms with Gasteiger partial charge >= 0.3 is 0 Å². The van der Waals surface area contributed by atoms with Crippen molar-refractivity contribution in [2.75, 3.05) is 44.9 Å². The first-order valence-electron chi connectivity index (χ1n) is 6.45. The van der Waals surface area contributed by atoms with Crippen LogP contribution in [-0.2, 0) is 14.8 Å². The molecule has 1 rings (SSSR count). The summed E-state index contributed by atoms with van der Waals surface area (Å²) in [6, 6.07) is 7.00. The Morgan fingerprint density at radius 3 is 2.55 bits per heavy atom. The van der Waals surface area contributed by atoms with Crippen LogP contribution in [-0.4, -0.2) is 51.9 Å². The lowest BCUT2D eigenvalue weighted by Crippen LogP contribution is -2.36. The van der Waals surface area contributed by atoms with Crippen LogP contribution in [0.25, 0.3) is 0 Å². The van der Waals surface area contributed by atoms with Gasteiger partial charge in [0.15, 0.2) is 0 Å². The molecule has 0 radical (unpaired) electrons. The molecule has 0 saturated carbocycles. The van der Waals surface area contributed by atoms with E-state index in [-0.39, 0.29) is 12.4 Å². The number of ether oxygens (including phenoxy) is 2. The van der Waals surface area contributed by atoms with Crippen LogP contribution in [0.4, 0.5) is 5.69 Å². The minimum absolute atomic E-state index is 0.0695. The van der Waals surface area contributed by atoms with Gasteiger partial charge in [0, 0.05) is 20.2 Å². The Labute approximate surface area is 120 Å². The maximum atomic E-state index is 12.1. The Kier molecular flexibility index (Phi) is 6.77. The number of hydrogen-bond donors (Lipinski definition) is 1. The van der Waals surface area contributed by atoms with Crippen LogP contribution in [0.3, 0.4) is 0 Å². The molecule has 0 amide bonds. The Balaban J connectivity index is 2.52. The lowest BCUT2D eigenvalue weighted by molar-refractivity contribution is 0.180. The largest absolute Gasteiger partial charge is 0.490 e. The fourth-order valence-electron chi connectivity index (χ4n) is 1.69. The van der Waals surface area contributed by atoms with Gasteiger partial charge in [0.25, 0.3) is 0 Å². The Bertz CT molecular complexity index is 505. The number of rotatable bonds is 9. The molecule has 0 aliphatic rings. The van der Waals surface area contributed by atoms with Gasteiger partial charge in [0.1, 0.15) is 12.4 Å². The lowest BCUT2D eigenvalue weighted by atomic mass is 10.3. The van der Waals surface area contributed by atoms with Crippen molar-refractivity contribution in [3.05, 3.63) is 24.3 Å². The smallest absolute Gasteiger partial charge is 0.217 e. The second-order valence-corrected chi connectivity index (χ2v) is 6.28. The molecule has 0 aromatic heterocycles. The van der Waals surface area contributed by atoms with E-state index >= 15 is 0 Å². The third-order valence-corrected chi connectivity index (χ3v) is 4.72. The predicted molar refractivity (Wildman–Crippen MR) is 79.3 cm³/mol.